The number of anilines is 1. The van der Waals surface area contributed by atoms with Crippen LogP contribution in [0.1, 0.15) is 48.8 Å². The van der Waals surface area contributed by atoms with Crippen LogP contribution in [0.4, 0.5) is 5.69 Å². The molecule has 1 spiro atoms. The second kappa shape index (κ2) is 3.59. The van der Waals surface area contributed by atoms with Crippen molar-refractivity contribution >= 4 is 11.6 Å². The molecule has 0 saturated heterocycles. The summed E-state index contributed by atoms with van der Waals surface area (Å²) in [4.78, 5) is 12.4. The number of amides is 1. The highest BCUT2D eigenvalue weighted by atomic mass is 16.2. The number of benzene rings is 1. The van der Waals surface area contributed by atoms with Gasteiger partial charge in [-0.25, -0.2) is 0 Å². The molecular weight excluding hydrogens is 210 g/mol. The molecule has 17 heavy (non-hydrogen) atoms. The van der Waals surface area contributed by atoms with Crippen molar-refractivity contribution in [2.75, 3.05) is 5.32 Å². The lowest BCUT2D eigenvalue weighted by Crippen LogP contribution is -2.36. The van der Waals surface area contributed by atoms with Gasteiger partial charge < -0.3 is 5.32 Å². The minimum absolute atomic E-state index is 0.204. The maximum atomic E-state index is 12.4. The molecule has 1 aromatic rings. The summed E-state index contributed by atoms with van der Waals surface area (Å²) in [5.41, 5.74) is 4.62. The van der Waals surface area contributed by atoms with Gasteiger partial charge in [-0.05, 0) is 37.8 Å². The molecule has 0 atom stereocenters. The number of carbonyl (C=O) groups excluding carboxylic acids is 1. The Morgan fingerprint density at radius 1 is 1.12 bits per heavy atom. The number of hydrogen-bond acceptors (Lipinski definition) is 1. The fourth-order valence-corrected chi connectivity index (χ4v) is 3.52. The molecule has 1 amide bonds. The Bertz CT molecular complexity index is 484. The Morgan fingerprint density at radius 3 is 2.53 bits per heavy atom. The van der Waals surface area contributed by atoms with Crippen LogP contribution in [-0.4, -0.2) is 5.91 Å². The van der Waals surface area contributed by atoms with E-state index in [4.69, 9.17) is 0 Å². The lowest BCUT2D eigenvalue weighted by Gasteiger charge is -2.31. The largest absolute Gasteiger partial charge is 0.325 e. The highest BCUT2D eigenvalue weighted by Gasteiger charge is 2.47. The Balaban J connectivity index is 2.18. The molecule has 2 nitrogen and oxygen atoms in total. The van der Waals surface area contributed by atoms with E-state index in [1.165, 1.54) is 36.0 Å². The molecule has 0 aromatic heterocycles. The predicted octanol–water partition coefficient (Wildman–Crippen LogP) is 3.46. The molecule has 1 fully saturated rings. The number of nitrogens with one attached hydrogen (secondary N) is 1. The molecule has 90 valence electrons. The summed E-state index contributed by atoms with van der Waals surface area (Å²) in [5, 5.41) is 3.11. The number of aryl methyl sites for hydroxylation is 2. The van der Waals surface area contributed by atoms with Crippen LogP contribution in [0.3, 0.4) is 0 Å². The van der Waals surface area contributed by atoms with Crippen LogP contribution in [0, 0.1) is 13.8 Å². The van der Waals surface area contributed by atoms with Crippen molar-refractivity contribution in [1.29, 1.82) is 0 Å². The normalized spacial score (nSPS) is 21.4. The monoisotopic (exact) mass is 229 g/mol. The maximum Gasteiger partial charge on any atom is 0.235 e. The highest BCUT2D eigenvalue weighted by molar-refractivity contribution is 6.07. The molecule has 3 rings (SSSR count). The number of fused-ring (bicyclic) bond motifs is 2. The molecule has 0 unspecified atom stereocenters. The predicted molar refractivity (Wildman–Crippen MR) is 69.3 cm³/mol. The minimum atomic E-state index is -0.204. The summed E-state index contributed by atoms with van der Waals surface area (Å²) >= 11 is 0. The smallest absolute Gasteiger partial charge is 0.235 e. The maximum absolute atomic E-state index is 12.4. The molecule has 2 heteroatoms. The average molecular weight is 229 g/mol. The van der Waals surface area contributed by atoms with Crippen molar-refractivity contribution in [3.63, 3.8) is 0 Å². The van der Waals surface area contributed by atoms with E-state index in [1.54, 1.807) is 0 Å². The lowest BCUT2D eigenvalue weighted by molar-refractivity contribution is -0.121. The third kappa shape index (κ3) is 1.43. The van der Waals surface area contributed by atoms with E-state index in [0.717, 1.165) is 18.5 Å². The molecule has 1 heterocycles. The Kier molecular flexibility index (Phi) is 2.29. The molecule has 0 bridgehead atoms. The van der Waals surface area contributed by atoms with Gasteiger partial charge in [-0.15, -0.1) is 0 Å². The standard InChI is InChI=1S/C15H19NO/c1-10-8-11(2)13-12(9-10)15(14(17)16-13)6-4-3-5-7-15/h8-9H,3-7H2,1-2H3,(H,16,17). The average Bonchev–Trinajstić information content (AvgIpc) is 2.56. The van der Waals surface area contributed by atoms with E-state index in [1.807, 2.05) is 0 Å². The summed E-state index contributed by atoms with van der Waals surface area (Å²) in [6, 6.07) is 4.37. The Morgan fingerprint density at radius 2 is 1.82 bits per heavy atom. The zero-order valence-electron chi connectivity index (χ0n) is 10.6. The summed E-state index contributed by atoms with van der Waals surface area (Å²) in [5.74, 6) is 0.237. The molecule has 1 saturated carbocycles. The van der Waals surface area contributed by atoms with Gasteiger partial charge in [0.25, 0.3) is 0 Å². The first-order valence-corrected chi connectivity index (χ1v) is 6.57. The summed E-state index contributed by atoms with van der Waals surface area (Å²) in [6.07, 6.45) is 5.68. The van der Waals surface area contributed by atoms with E-state index in [-0.39, 0.29) is 11.3 Å². The van der Waals surface area contributed by atoms with Crippen molar-refractivity contribution in [1.82, 2.24) is 0 Å². The number of hydrogen-bond donors (Lipinski definition) is 1. The van der Waals surface area contributed by atoms with Gasteiger partial charge in [-0.3, -0.25) is 4.79 Å². The molecule has 2 aliphatic rings. The first-order chi connectivity index (χ1) is 8.13. The van der Waals surface area contributed by atoms with Gasteiger partial charge in [-0.2, -0.15) is 0 Å². The van der Waals surface area contributed by atoms with E-state index in [9.17, 15) is 4.79 Å². The van der Waals surface area contributed by atoms with Crippen LogP contribution in [0.25, 0.3) is 0 Å². The second-order valence-corrected chi connectivity index (χ2v) is 5.60. The fourth-order valence-electron chi connectivity index (χ4n) is 3.52. The Hall–Kier alpha value is -1.31. The third-order valence-corrected chi connectivity index (χ3v) is 4.38. The van der Waals surface area contributed by atoms with Crippen LogP contribution in [-0.2, 0) is 10.2 Å². The lowest BCUT2D eigenvalue weighted by atomic mass is 9.70. The van der Waals surface area contributed by atoms with Crippen molar-refractivity contribution in [3.8, 4) is 0 Å². The van der Waals surface area contributed by atoms with Gasteiger partial charge in [0.05, 0.1) is 5.41 Å². The van der Waals surface area contributed by atoms with Gasteiger partial charge in [0, 0.05) is 5.69 Å². The molecule has 1 aliphatic carbocycles. The zero-order valence-corrected chi connectivity index (χ0v) is 10.6. The van der Waals surface area contributed by atoms with Crippen molar-refractivity contribution in [2.45, 2.75) is 51.4 Å². The van der Waals surface area contributed by atoms with Crippen LogP contribution in [0.5, 0.6) is 0 Å². The number of rotatable bonds is 0. The Labute approximate surface area is 102 Å². The molecular formula is C15H19NO. The van der Waals surface area contributed by atoms with Gasteiger partial charge in [0.2, 0.25) is 5.91 Å². The zero-order chi connectivity index (χ0) is 12.0. The van der Waals surface area contributed by atoms with Crippen LogP contribution >= 0.6 is 0 Å². The van der Waals surface area contributed by atoms with E-state index in [0.29, 0.717) is 0 Å². The van der Waals surface area contributed by atoms with Crippen molar-refractivity contribution < 1.29 is 4.79 Å². The highest BCUT2D eigenvalue weighted by Crippen LogP contribution is 2.48. The van der Waals surface area contributed by atoms with Gasteiger partial charge >= 0.3 is 0 Å². The van der Waals surface area contributed by atoms with Crippen molar-refractivity contribution in [2.24, 2.45) is 0 Å². The second-order valence-electron chi connectivity index (χ2n) is 5.60. The fraction of sp³-hybridized carbons (Fsp3) is 0.533. The summed E-state index contributed by atoms with van der Waals surface area (Å²) in [6.45, 7) is 4.21. The van der Waals surface area contributed by atoms with E-state index in [2.05, 4.69) is 31.3 Å². The van der Waals surface area contributed by atoms with Crippen molar-refractivity contribution in [3.05, 3.63) is 28.8 Å². The van der Waals surface area contributed by atoms with Crippen LogP contribution in [0.15, 0.2) is 12.1 Å². The SMILES string of the molecule is Cc1cc(C)c2c(c1)C1(CCCCC1)C(=O)N2. The van der Waals surface area contributed by atoms with Gasteiger partial charge in [-0.1, -0.05) is 37.0 Å². The van der Waals surface area contributed by atoms with Gasteiger partial charge in [0.15, 0.2) is 0 Å². The van der Waals surface area contributed by atoms with E-state index < -0.39 is 0 Å². The molecule has 0 radical (unpaired) electrons. The van der Waals surface area contributed by atoms with Crippen LogP contribution in [0.2, 0.25) is 0 Å². The quantitative estimate of drug-likeness (QED) is 0.725. The first-order valence-electron chi connectivity index (χ1n) is 6.57. The van der Waals surface area contributed by atoms with Gasteiger partial charge in [0.1, 0.15) is 0 Å². The molecule has 1 aromatic carbocycles. The first kappa shape index (κ1) is 10.8. The van der Waals surface area contributed by atoms with Crippen LogP contribution < -0.4 is 5.32 Å². The number of carbonyl (C=O) groups is 1. The van der Waals surface area contributed by atoms with E-state index >= 15 is 0 Å². The third-order valence-electron chi connectivity index (χ3n) is 4.38. The minimum Gasteiger partial charge on any atom is -0.325 e. The topological polar surface area (TPSA) is 29.1 Å². The molecule has 1 N–H and O–H groups in total. The molecule has 1 aliphatic heterocycles. The summed E-state index contributed by atoms with van der Waals surface area (Å²) in [7, 11) is 0. The summed E-state index contributed by atoms with van der Waals surface area (Å²) < 4.78 is 0.